The first-order chi connectivity index (χ1) is 5.54. The molecule has 0 rings (SSSR count). The predicted octanol–water partition coefficient (Wildman–Crippen LogP) is 0.304. The Hall–Kier alpha value is -0.130. The molecule has 5 heteroatoms. The predicted molar refractivity (Wildman–Crippen MR) is 48.6 cm³/mol. The second-order valence-corrected chi connectivity index (χ2v) is 4.93. The molecule has 12 heavy (non-hydrogen) atoms. The van der Waals surface area contributed by atoms with Crippen molar-refractivity contribution in [3.63, 3.8) is 0 Å². The minimum Gasteiger partial charge on any atom is -0.385 e. The van der Waals surface area contributed by atoms with Crippen LogP contribution in [-0.4, -0.2) is 45.8 Å². The van der Waals surface area contributed by atoms with Gasteiger partial charge in [0.05, 0.1) is 5.75 Å². The zero-order valence-corrected chi connectivity index (χ0v) is 8.73. The van der Waals surface area contributed by atoms with Gasteiger partial charge < -0.3 is 4.74 Å². The molecule has 0 amide bonds. The van der Waals surface area contributed by atoms with E-state index in [0.717, 1.165) is 6.42 Å². The Kier molecular flexibility index (Phi) is 5.44. The molecule has 0 aromatic rings. The molecule has 0 spiro atoms. The molecule has 0 fully saturated rings. The Balaban J connectivity index is 3.80. The van der Waals surface area contributed by atoms with Crippen molar-refractivity contribution >= 4 is 10.0 Å². The van der Waals surface area contributed by atoms with Crippen molar-refractivity contribution < 1.29 is 13.2 Å². The Morgan fingerprint density at radius 2 is 2.00 bits per heavy atom. The van der Waals surface area contributed by atoms with Crippen LogP contribution >= 0.6 is 0 Å². The fourth-order valence-corrected chi connectivity index (χ4v) is 1.64. The molecule has 0 unspecified atom stereocenters. The third kappa shape index (κ3) is 4.04. The molecule has 0 aromatic carbocycles. The van der Waals surface area contributed by atoms with Gasteiger partial charge in [0.25, 0.3) is 0 Å². The van der Waals surface area contributed by atoms with Gasteiger partial charge in [-0.05, 0) is 13.3 Å². The first-order valence-corrected chi connectivity index (χ1v) is 5.58. The summed E-state index contributed by atoms with van der Waals surface area (Å²) in [5, 5.41) is 0. The van der Waals surface area contributed by atoms with Crippen molar-refractivity contribution in [3.8, 4) is 0 Å². The molecule has 0 saturated heterocycles. The molecule has 0 aliphatic carbocycles. The van der Waals surface area contributed by atoms with Crippen molar-refractivity contribution in [2.45, 2.75) is 13.3 Å². The van der Waals surface area contributed by atoms with Crippen molar-refractivity contribution in [3.05, 3.63) is 0 Å². The first kappa shape index (κ1) is 11.9. The van der Waals surface area contributed by atoms with Gasteiger partial charge in [-0.3, -0.25) is 0 Å². The second kappa shape index (κ2) is 5.50. The standard InChI is InChI=1S/C7H17NO3S/c1-4-12(9,10)8(2)6-5-7-11-3/h4-7H2,1-3H3. The Bertz CT molecular complexity index is 201. The van der Waals surface area contributed by atoms with E-state index >= 15 is 0 Å². The van der Waals surface area contributed by atoms with E-state index < -0.39 is 10.0 Å². The highest BCUT2D eigenvalue weighted by molar-refractivity contribution is 7.89. The van der Waals surface area contributed by atoms with E-state index in [-0.39, 0.29) is 5.75 Å². The van der Waals surface area contributed by atoms with Gasteiger partial charge in [-0.25, -0.2) is 12.7 Å². The lowest BCUT2D eigenvalue weighted by Gasteiger charge is -2.14. The van der Waals surface area contributed by atoms with Gasteiger partial charge in [-0.1, -0.05) is 0 Å². The lowest BCUT2D eigenvalue weighted by atomic mass is 10.5. The second-order valence-electron chi connectivity index (χ2n) is 2.57. The molecule has 0 aromatic heterocycles. The maximum atomic E-state index is 11.2. The van der Waals surface area contributed by atoms with Crippen LogP contribution < -0.4 is 0 Å². The molecule has 0 aliphatic rings. The highest BCUT2D eigenvalue weighted by Gasteiger charge is 2.13. The van der Waals surface area contributed by atoms with Gasteiger partial charge in [0.15, 0.2) is 0 Å². The summed E-state index contributed by atoms with van der Waals surface area (Å²) in [6.45, 7) is 2.77. The molecule has 4 nitrogen and oxygen atoms in total. The molecule has 0 radical (unpaired) electrons. The van der Waals surface area contributed by atoms with Gasteiger partial charge in [0.2, 0.25) is 10.0 Å². The minimum atomic E-state index is -3.00. The summed E-state index contributed by atoms with van der Waals surface area (Å²) in [6, 6.07) is 0. The molecule has 0 saturated carbocycles. The van der Waals surface area contributed by atoms with E-state index in [2.05, 4.69) is 0 Å². The van der Waals surface area contributed by atoms with Gasteiger partial charge in [-0.15, -0.1) is 0 Å². The maximum absolute atomic E-state index is 11.2. The smallest absolute Gasteiger partial charge is 0.213 e. The summed E-state index contributed by atoms with van der Waals surface area (Å²) in [5.41, 5.74) is 0. The number of methoxy groups -OCH3 is 1. The Morgan fingerprint density at radius 1 is 1.42 bits per heavy atom. The highest BCUT2D eigenvalue weighted by Crippen LogP contribution is 1.98. The van der Waals surface area contributed by atoms with E-state index in [0.29, 0.717) is 13.2 Å². The number of rotatable bonds is 6. The fraction of sp³-hybridized carbons (Fsp3) is 1.00. The summed E-state index contributed by atoms with van der Waals surface area (Å²) in [6.07, 6.45) is 0.742. The number of nitrogens with zero attached hydrogens (tertiary/aromatic N) is 1. The Labute approximate surface area is 74.6 Å². The van der Waals surface area contributed by atoms with E-state index in [4.69, 9.17) is 4.74 Å². The third-order valence-corrected chi connectivity index (χ3v) is 3.52. The third-order valence-electron chi connectivity index (χ3n) is 1.66. The van der Waals surface area contributed by atoms with Crippen molar-refractivity contribution in [1.29, 1.82) is 0 Å². The molecule has 0 bridgehead atoms. The normalized spacial score (nSPS) is 12.3. The van der Waals surface area contributed by atoms with Crippen LogP contribution in [-0.2, 0) is 14.8 Å². The largest absolute Gasteiger partial charge is 0.385 e. The molecular formula is C7H17NO3S. The first-order valence-electron chi connectivity index (χ1n) is 3.97. The summed E-state index contributed by atoms with van der Waals surface area (Å²) in [5.74, 6) is 0.163. The zero-order chi connectivity index (χ0) is 9.61. The topological polar surface area (TPSA) is 46.6 Å². The van der Waals surface area contributed by atoms with Gasteiger partial charge >= 0.3 is 0 Å². The van der Waals surface area contributed by atoms with E-state index in [9.17, 15) is 8.42 Å². The van der Waals surface area contributed by atoms with E-state index in [1.165, 1.54) is 4.31 Å². The summed E-state index contributed by atoms with van der Waals surface area (Å²) in [7, 11) is 0.196. The highest BCUT2D eigenvalue weighted by atomic mass is 32.2. The number of hydrogen-bond acceptors (Lipinski definition) is 3. The van der Waals surface area contributed by atoms with Crippen LogP contribution in [0.15, 0.2) is 0 Å². The van der Waals surface area contributed by atoms with Crippen LogP contribution in [0.3, 0.4) is 0 Å². The minimum absolute atomic E-state index is 0.163. The van der Waals surface area contributed by atoms with Crippen molar-refractivity contribution in [2.24, 2.45) is 0 Å². The quantitative estimate of drug-likeness (QED) is 0.573. The van der Waals surface area contributed by atoms with Crippen molar-refractivity contribution in [2.75, 3.05) is 33.1 Å². The molecule has 0 atom stereocenters. The number of hydrogen-bond donors (Lipinski definition) is 0. The molecule has 74 valence electrons. The average Bonchev–Trinajstić information content (AvgIpc) is 2.05. The lowest BCUT2D eigenvalue weighted by Crippen LogP contribution is -2.29. The molecule has 0 aliphatic heterocycles. The average molecular weight is 195 g/mol. The monoisotopic (exact) mass is 195 g/mol. The number of sulfonamides is 1. The van der Waals surface area contributed by atoms with Crippen LogP contribution in [0.5, 0.6) is 0 Å². The maximum Gasteiger partial charge on any atom is 0.213 e. The lowest BCUT2D eigenvalue weighted by molar-refractivity contribution is 0.189. The SMILES string of the molecule is CCS(=O)(=O)N(C)CCCOC. The summed E-state index contributed by atoms with van der Waals surface area (Å²) >= 11 is 0. The van der Waals surface area contributed by atoms with Crippen LogP contribution in [0.25, 0.3) is 0 Å². The van der Waals surface area contributed by atoms with Gasteiger partial charge in [0, 0.05) is 27.3 Å². The van der Waals surface area contributed by atoms with Crippen LogP contribution in [0.2, 0.25) is 0 Å². The van der Waals surface area contributed by atoms with Crippen LogP contribution in [0.1, 0.15) is 13.3 Å². The molecule has 0 N–H and O–H groups in total. The Morgan fingerprint density at radius 3 is 2.42 bits per heavy atom. The van der Waals surface area contributed by atoms with E-state index in [1.54, 1.807) is 21.1 Å². The van der Waals surface area contributed by atoms with Gasteiger partial charge in [0.1, 0.15) is 0 Å². The van der Waals surface area contributed by atoms with E-state index in [1.807, 2.05) is 0 Å². The van der Waals surface area contributed by atoms with Crippen LogP contribution in [0.4, 0.5) is 0 Å². The van der Waals surface area contributed by atoms with Crippen molar-refractivity contribution in [1.82, 2.24) is 4.31 Å². The van der Waals surface area contributed by atoms with Crippen LogP contribution in [0, 0.1) is 0 Å². The zero-order valence-electron chi connectivity index (χ0n) is 7.91. The molecular weight excluding hydrogens is 178 g/mol. The fourth-order valence-electron chi connectivity index (χ4n) is 0.791. The summed E-state index contributed by atoms with van der Waals surface area (Å²) < 4.78 is 28.5. The molecule has 0 heterocycles. The number of ether oxygens (including phenoxy) is 1. The van der Waals surface area contributed by atoms with Gasteiger partial charge in [-0.2, -0.15) is 0 Å². The summed E-state index contributed by atoms with van der Waals surface area (Å²) in [4.78, 5) is 0.